The summed E-state index contributed by atoms with van der Waals surface area (Å²) in [6.07, 6.45) is 7.70. The van der Waals surface area contributed by atoms with Gasteiger partial charge in [-0.25, -0.2) is 4.39 Å². The monoisotopic (exact) mass is 312 g/mol. The molecule has 1 fully saturated rings. The molecule has 0 radical (unpaired) electrons. The zero-order valence-corrected chi connectivity index (χ0v) is 13.8. The molecule has 1 aromatic rings. The quantitative estimate of drug-likeness (QED) is 0.851. The standard InChI is InChI=1S/C17H26ClFN2/c1-21(2)17(9-5-3-4-6-10-17)16(20)11-13-7-8-14(18)12-15(13)19/h7-8,12,16H,3-6,9-11,20H2,1-2H3. The Morgan fingerprint density at radius 1 is 1.24 bits per heavy atom. The summed E-state index contributed by atoms with van der Waals surface area (Å²) in [6, 6.07) is 4.81. The minimum atomic E-state index is -0.250. The third-order valence-electron chi connectivity index (χ3n) is 5.01. The number of likely N-dealkylation sites (N-methyl/N-ethyl adjacent to an activating group) is 1. The molecule has 2 N–H and O–H groups in total. The van der Waals surface area contributed by atoms with Crippen LogP contribution in [0.2, 0.25) is 5.02 Å². The molecule has 0 heterocycles. The minimum absolute atomic E-state index is 0.0252. The molecular formula is C17H26ClFN2. The molecular weight excluding hydrogens is 287 g/mol. The lowest BCUT2D eigenvalue weighted by Crippen LogP contribution is -2.58. The highest BCUT2D eigenvalue weighted by molar-refractivity contribution is 6.30. The number of hydrogen-bond donors (Lipinski definition) is 1. The molecule has 0 spiro atoms. The van der Waals surface area contributed by atoms with E-state index >= 15 is 0 Å². The Balaban J connectivity index is 2.20. The molecule has 1 aliphatic rings. The van der Waals surface area contributed by atoms with Gasteiger partial charge in [0.15, 0.2) is 0 Å². The summed E-state index contributed by atoms with van der Waals surface area (Å²) >= 11 is 5.82. The second-order valence-electron chi connectivity index (χ2n) is 6.46. The van der Waals surface area contributed by atoms with Crippen LogP contribution in [0.3, 0.4) is 0 Å². The zero-order chi connectivity index (χ0) is 15.5. The van der Waals surface area contributed by atoms with Gasteiger partial charge in [-0.3, -0.25) is 0 Å². The van der Waals surface area contributed by atoms with E-state index in [9.17, 15) is 4.39 Å². The number of hydrogen-bond acceptors (Lipinski definition) is 2. The van der Waals surface area contributed by atoms with Crippen LogP contribution in [-0.2, 0) is 6.42 Å². The maximum atomic E-state index is 14.0. The fourth-order valence-electron chi connectivity index (χ4n) is 3.60. The highest BCUT2D eigenvalue weighted by Gasteiger charge is 2.39. The lowest BCUT2D eigenvalue weighted by molar-refractivity contribution is 0.0964. The van der Waals surface area contributed by atoms with Crippen molar-refractivity contribution < 1.29 is 4.39 Å². The molecule has 0 amide bonds. The average Bonchev–Trinajstić information content (AvgIpc) is 2.68. The topological polar surface area (TPSA) is 29.3 Å². The first-order chi connectivity index (χ1) is 9.95. The highest BCUT2D eigenvalue weighted by atomic mass is 35.5. The highest BCUT2D eigenvalue weighted by Crippen LogP contribution is 2.34. The van der Waals surface area contributed by atoms with Gasteiger partial charge < -0.3 is 10.6 Å². The van der Waals surface area contributed by atoms with Crippen LogP contribution < -0.4 is 5.73 Å². The van der Waals surface area contributed by atoms with E-state index in [2.05, 4.69) is 19.0 Å². The van der Waals surface area contributed by atoms with Crippen LogP contribution >= 0.6 is 11.6 Å². The van der Waals surface area contributed by atoms with E-state index in [4.69, 9.17) is 17.3 Å². The van der Waals surface area contributed by atoms with E-state index < -0.39 is 0 Å². The lowest BCUT2D eigenvalue weighted by Gasteiger charge is -2.44. The molecule has 1 aromatic carbocycles. The number of nitrogens with two attached hydrogens (primary N) is 1. The number of halogens is 2. The summed E-state index contributed by atoms with van der Waals surface area (Å²) in [5.74, 6) is -0.250. The van der Waals surface area contributed by atoms with E-state index in [1.165, 1.54) is 31.7 Å². The Hall–Kier alpha value is -0.640. The largest absolute Gasteiger partial charge is 0.326 e. The van der Waals surface area contributed by atoms with Gasteiger partial charge in [0.2, 0.25) is 0 Å². The maximum Gasteiger partial charge on any atom is 0.127 e. The fraction of sp³-hybridized carbons (Fsp3) is 0.647. The maximum absolute atomic E-state index is 14.0. The zero-order valence-electron chi connectivity index (χ0n) is 13.0. The smallest absolute Gasteiger partial charge is 0.127 e. The summed E-state index contributed by atoms with van der Waals surface area (Å²) in [7, 11) is 4.20. The van der Waals surface area contributed by atoms with Gasteiger partial charge in [0, 0.05) is 16.6 Å². The van der Waals surface area contributed by atoms with Gasteiger partial charge in [0.05, 0.1) is 0 Å². The van der Waals surface area contributed by atoms with E-state index in [-0.39, 0.29) is 17.4 Å². The van der Waals surface area contributed by atoms with Gasteiger partial charge in [-0.2, -0.15) is 0 Å². The van der Waals surface area contributed by atoms with Gasteiger partial charge in [-0.05, 0) is 51.1 Å². The van der Waals surface area contributed by atoms with Crippen molar-refractivity contribution in [1.82, 2.24) is 4.90 Å². The molecule has 0 aliphatic heterocycles. The molecule has 2 rings (SSSR count). The third-order valence-corrected chi connectivity index (χ3v) is 5.24. The molecule has 1 atom stereocenters. The molecule has 0 saturated heterocycles. The first-order valence-corrected chi connectivity index (χ1v) is 8.20. The molecule has 0 aromatic heterocycles. The van der Waals surface area contributed by atoms with E-state index in [1.54, 1.807) is 12.1 Å². The normalized spacial score (nSPS) is 20.3. The summed E-state index contributed by atoms with van der Waals surface area (Å²) < 4.78 is 14.0. The summed E-state index contributed by atoms with van der Waals surface area (Å²) in [5.41, 5.74) is 7.19. The van der Waals surface area contributed by atoms with Crippen LogP contribution in [0.25, 0.3) is 0 Å². The van der Waals surface area contributed by atoms with Crippen LogP contribution in [0, 0.1) is 5.82 Å². The van der Waals surface area contributed by atoms with Crippen molar-refractivity contribution in [1.29, 1.82) is 0 Å². The van der Waals surface area contributed by atoms with Gasteiger partial charge in [0.1, 0.15) is 5.82 Å². The predicted octanol–water partition coefficient (Wildman–Crippen LogP) is 4.00. The first kappa shape index (κ1) is 16.7. The minimum Gasteiger partial charge on any atom is -0.326 e. The van der Waals surface area contributed by atoms with Crippen molar-refractivity contribution in [2.24, 2.45) is 5.73 Å². The Morgan fingerprint density at radius 3 is 2.38 bits per heavy atom. The van der Waals surface area contributed by atoms with Gasteiger partial charge in [-0.15, -0.1) is 0 Å². The Bertz CT molecular complexity index is 468. The summed E-state index contributed by atoms with van der Waals surface area (Å²) in [6.45, 7) is 0. The van der Waals surface area contributed by atoms with Crippen molar-refractivity contribution in [2.75, 3.05) is 14.1 Å². The Kier molecular flexibility index (Phi) is 5.64. The van der Waals surface area contributed by atoms with Crippen LogP contribution in [0.1, 0.15) is 44.1 Å². The number of rotatable bonds is 4. The predicted molar refractivity (Wildman–Crippen MR) is 87.2 cm³/mol. The number of nitrogens with zero attached hydrogens (tertiary/aromatic N) is 1. The Labute approximate surface area is 132 Å². The third kappa shape index (κ3) is 3.77. The SMILES string of the molecule is CN(C)C1(C(N)Cc2ccc(Cl)cc2F)CCCCCC1. The molecule has 0 bridgehead atoms. The van der Waals surface area contributed by atoms with Gasteiger partial charge in [-0.1, -0.05) is 43.4 Å². The molecule has 1 aliphatic carbocycles. The Morgan fingerprint density at radius 2 is 1.86 bits per heavy atom. The van der Waals surface area contributed by atoms with Crippen LogP contribution in [0.15, 0.2) is 18.2 Å². The van der Waals surface area contributed by atoms with Crippen LogP contribution in [0.4, 0.5) is 4.39 Å². The van der Waals surface area contributed by atoms with Crippen molar-refractivity contribution in [3.8, 4) is 0 Å². The first-order valence-electron chi connectivity index (χ1n) is 7.82. The molecule has 1 unspecified atom stereocenters. The average molecular weight is 313 g/mol. The summed E-state index contributed by atoms with van der Waals surface area (Å²) in [5, 5.41) is 0.432. The van der Waals surface area contributed by atoms with Crippen molar-refractivity contribution in [3.05, 3.63) is 34.6 Å². The molecule has 118 valence electrons. The van der Waals surface area contributed by atoms with E-state index in [0.29, 0.717) is 17.0 Å². The molecule has 21 heavy (non-hydrogen) atoms. The van der Waals surface area contributed by atoms with Gasteiger partial charge >= 0.3 is 0 Å². The molecule has 1 saturated carbocycles. The number of benzene rings is 1. The van der Waals surface area contributed by atoms with E-state index in [1.807, 2.05) is 0 Å². The van der Waals surface area contributed by atoms with Crippen molar-refractivity contribution >= 4 is 11.6 Å². The lowest BCUT2D eigenvalue weighted by atomic mass is 9.79. The van der Waals surface area contributed by atoms with Crippen LogP contribution in [0.5, 0.6) is 0 Å². The van der Waals surface area contributed by atoms with Crippen molar-refractivity contribution in [2.45, 2.75) is 56.5 Å². The second-order valence-corrected chi connectivity index (χ2v) is 6.90. The van der Waals surface area contributed by atoms with E-state index in [0.717, 1.165) is 12.8 Å². The molecule has 2 nitrogen and oxygen atoms in total. The summed E-state index contributed by atoms with van der Waals surface area (Å²) in [4.78, 5) is 2.26. The van der Waals surface area contributed by atoms with Gasteiger partial charge in [0.25, 0.3) is 0 Å². The fourth-order valence-corrected chi connectivity index (χ4v) is 3.76. The molecule has 4 heteroatoms. The second kappa shape index (κ2) is 7.08. The van der Waals surface area contributed by atoms with Crippen LogP contribution in [-0.4, -0.2) is 30.6 Å². The van der Waals surface area contributed by atoms with Crippen molar-refractivity contribution in [3.63, 3.8) is 0 Å².